The Hall–Kier alpha value is -4.13. The zero-order valence-corrected chi connectivity index (χ0v) is 19.4. The van der Waals surface area contributed by atoms with Gasteiger partial charge in [0.15, 0.2) is 0 Å². The molecule has 3 N–H and O–H groups in total. The number of carboxylic acids is 1. The second-order valence-corrected chi connectivity index (χ2v) is 8.50. The van der Waals surface area contributed by atoms with Gasteiger partial charge in [0.1, 0.15) is 12.6 Å². The zero-order chi connectivity index (χ0) is 24.8. The van der Waals surface area contributed by atoms with Crippen LogP contribution in [0.15, 0.2) is 78.9 Å². The van der Waals surface area contributed by atoms with Gasteiger partial charge in [0.25, 0.3) is 0 Å². The van der Waals surface area contributed by atoms with Crippen molar-refractivity contribution in [2.75, 3.05) is 13.2 Å². The number of carbonyl (C=O) groups excluding carboxylic acids is 2. The minimum Gasteiger partial charge on any atom is -0.481 e. The number of rotatable bonds is 9. The summed E-state index contributed by atoms with van der Waals surface area (Å²) in [6.45, 7) is 1.84. The van der Waals surface area contributed by atoms with E-state index in [1.54, 1.807) is 31.2 Å². The van der Waals surface area contributed by atoms with Crippen molar-refractivity contribution >= 4 is 18.0 Å². The number of hydrogen-bond donors (Lipinski definition) is 3. The number of alkyl carbamates (subject to hydrolysis) is 1. The molecule has 2 amide bonds. The highest BCUT2D eigenvalue weighted by Gasteiger charge is 2.30. The van der Waals surface area contributed by atoms with Crippen molar-refractivity contribution in [1.29, 1.82) is 0 Å². The van der Waals surface area contributed by atoms with Crippen molar-refractivity contribution in [2.24, 2.45) is 5.92 Å². The van der Waals surface area contributed by atoms with Gasteiger partial charge in [0.2, 0.25) is 5.91 Å². The van der Waals surface area contributed by atoms with Gasteiger partial charge >= 0.3 is 12.1 Å². The Labute approximate surface area is 204 Å². The number of carboxylic acid groups (broad SMARTS) is 1. The van der Waals surface area contributed by atoms with Gasteiger partial charge in [0.05, 0.1) is 5.92 Å². The second kappa shape index (κ2) is 10.9. The van der Waals surface area contributed by atoms with Gasteiger partial charge in [-0.15, -0.1) is 0 Å². The van der Waals surface area contributed by atoms with Gasteiger partial charge in [-0.1, -0.05) is 85.8 Å². The molecule has 4 rings (SSSR count). The molecule has 0 saturated carbocycles. The molecule has 7 nitrogen and oxygen atoms in total. The molecule has 3 aromatic rings. The lowest BCUT2D eigenvalue weighted by Gasteiger charge is -2.21. The first-order valence-electron chi connectivity index (χ1n) is 11.7. The number of benzene rings is 3. The minimum atomic E-state index is -1.02. The summed E-state index contributed by atoms with van der Waals surface area (Å²) in [5, 5.41) is 14.6. The molecule has 2 atom stereocenters. The van der Waals surface area contributed by atoms with Crippen molar-refractivity contribution in [2.45, 2.75) is 25.3 Å². The van der Waals surface area contributed by atoms with Crippen LogP contribution in [0.1, 0.15) is 42.0 Å². The fourth-order valence-corrected chi connectivity index (χ4v) is 4.44. The molecule has 1 aliphatic rings. The summed E-state index contributed by atoms with van der Waals surface area (Å²) in [4.78, 5) is 37.0. The summed E-state index contributed by atoms with van der Waals surface area (Å²) in [6.07, 6.45) is -0.341. The summed E-state index contributed by atoms with van der Waals surface area (Å²) in [6, 6.07) is 23.9. The van der Waals surface area contributed by atoms with Crippen molar-refractivity contribution in [3.05, 3.63) is 95.6 Å². The van der Waals surface area contributed by atoms with Crippen LogP contribution >= 0.6 is 0 Å². The van der Waals surface area contributed by atoms with Crippen LogP contribution in [0.3, 0.4) is 0 Å². The van der Waals surface area contributed by atoms with E-state index < -0.39 is 29.9 Å². The Morgan fingerprint density at radius 3 is 2.03 bits per heavy atom. The van der Waals surface area contributed by atoms with Gasteiger partial charge in [-0.2, -0.15) is 0 Å². The number of amides is 2. The Bertz CT molecular complexity index is 1170. The van der Waals surface area contributed by atoms with Crippen LogP contribution in [0.5, 0.6) is 0 Å². The van der Waals surface area contributed by atoms with Gasteiger partial charge in [-0.25, -0.2) is 4.79 Å². The highest BCUT2D eigenvalue weighted by molar-refractivity contribution is 5.87. The molecule has 2 unspecified atom stereocenters. The van der Waals surface area contributed by atoms with Crippen molar-refractivity contribution in [1.82, 2.24) is 10.6 Å². The highest BCUT2D eigenvalue weighted by Crippen LogP contribution is 2.44. The lowest BCUT2D eigenvalue weighted by atomic mass is 9.98. The smallest absolute Gasteiger partial charge is 0.408 e. The average molecular weight is 473 g/mol. The van der Waals surface area contributed by atoms with E-state index in [0.29, 0.717) is 12.0 Å². The molecule has 0 heterocycles. The first-order chi connectivity index (χ1) is 17.0. The summed E-state index contributed by atoms with van der Waals surface area (Å²) < 4.78 is 5.60. The van der Waals surface area contributed by atoms with Gasteiger partial charge < -0.3 is 20.5 Å². The maximum absolute atomic E-state index is 12.9. The number of fused-ring (bicyclic) bond motifs is 3. The van der Waals surface area contributed by atoms with Gasteiger partial charge in [-0.05, 0) is 34.2 Å². The first-order valence-corrected chi connectivity index (χ1v) is 11.7. The molecule has 7 heteroatoms. The van der Waals surface area contributed by atoms with E-state index >= 15 is 0 Å². The molecule has 0 spiro atoms. The summed E-state index contributed by atoms with van der Waals surface area (Å²) in [5.74, 6) is -2.28. The van der Waals surface area contributed by atoms with Crippen LogP contribution in [-0.2, 0) is 14.3 Å². The van der Waals surface area contributed by atoms with Crippen LogP contribution in [0, 0.1) is 5.92 Å². The number of aliphatic carboxylic acids is 1. The summed E-state index contributed by atoms with van der Waals surface area (Å²) >= 11 is 0. The van der Waals surface area contributed by atoms with Crippen LogP contribution < -0.4 is 10.6 Å². The number of carbonyl (C=O) groups is 3. The molecule has 180 valence electrons. The Morgan fingerprint density at radius 2 is 1.46 bits per heavy atom. The van der Waals surface area contributed by atoms with Gasteiger partial charge in [-0.3, -0.25) is 9.59 Å². The largest absolute Gasteiger partial charge is 0.481 e. The first kappa shape index (κ1) is 24.0. The number of nitrogens with one attached hydrogen (secondary N) is 2. The van der Waals surface area contributed by atoms with Crippen LogP contribution in [0.4, 0.5) is 4.79 Å². The Balaban J connectivity index is 1.45. The Morgan fingerprint density at radius 1 is 0.886 bits per heavy atom. The summed E-state index contributed by atoms with van der Waals surface area (Å²) in [5.41, 5.74) is 5.02. The predicted octanol–water partition coefficient (Wildman–Crippen LogP) is 4.49. The lowest BCUT2D eigenvalue weighted by Crippen LogP contribution is -2.43. The van der Waals surface area contributed by atoms with Crippen molar-refractivity contribution < 1.29 is 24.2 Å². The molecule has 0 saturated heterocycles. The molecular formula is C28H28N2O5. The van der Waals surface area contributed by atoms with E-state index in [0.717, 1.165) is 22.3 Å². The third-order valence-corrected chi connectivity index (χ3v) is 6.37. The minimum absolute atomic E-state index is 0.0274. The molecule has 0 aromatic heterocycles. The standard InChI is InChI=1S/C28H28N2O5/c1-2-18(27(32)33)16-29-26(31)25(19-10-4-3-5-11-19)30-28(34)35-17-24-22-14-8-6-12-20(22)21-13-7-9-15-23(21)24/h3-15,18,24-25H,2,16-17H2,1H3,(H,29,31)(H,30,34)(H,32,33). The SMILES string of the molecule is CCC(CNC(=O)C(NC(=O)OCC1c2ccccc2-c2ccccc21)c1ccccc1)C(=O)O. The maximum Gasteiger partial charge on any atom is 0.408 e. The molecule has 0 radical (unpaired) electrons. The van der Waals surface area contributed by atoms with E-state index in [2.05, 4.69) is 22.8 Å². The van der Waals surface area contributed by atoms with E-state index in [-0.39, 0.29) is 19.1 Å². The number of ether oxygens (including phenoxy) is 1. The molecule has 0 bridgehead atoms. The third-order valence-electron chi connectivity index (χ3n) is 6.37. The second-order valence-electron chi connectivity index (χ2n) is 8.50. The zero-order valence-electron chi connectivity index (χ0n) is 19.4. The molecule has 0 aliphatic heterocycles. The summed E-state index contributed by atoms with van der Waals surface area (Å²) in [7, 11) is 0. The van der Waals surface area contributed by atoms with E-state index in [1.165, 1.54) is 0 Å². The highest BCUT2D eigenvalue weighted by atomic mass is 16.5. The van der Waals surface area contributed by atoms with Crippen molar-refractivity contribution in [3.63, 3.8) is 0 Å². The van der Waals surface area contributed by atoms with Crippen LogP contribution in [-0.4, -0.2) is 36.2 Å². The van der Waals surface area contributed by atoms with E-state index in [4.69, 9.17) is 4.74 Å². The molecular weight excluding hydrogens is 444 g/mol. The van der Waals surface area contributed by atoms with Gasteiger partial charge in [0, 0.05) is 12.5 Å². The molecule has 1 aliphatic carbocycles. The predicted molar refractivity (Wildman–Crippen MR) is 132 cm³/mol. The molecule has 35 heavy (non-hydrogen) atoms. The fraction of sp³-hybridized carbons (Fsp3) is 0.250. The monoisotopic (exact) mass is 472 g/mol. The van der Waals surface area contributed by atoms with Crippen LogP contribution in [0.25, 0.3) is 11.1 Å². The average Bonchev–Trinajstić information content (AvgIpc) is 3.20. The maximum atomic E-state index is 12.9. The van der Waals surface area contributed by atoms with Crippen molar-refractivity contribution in [3.8, 4) is 11.1 Å². The lowest BCUT2D eigenvalue weighted by molar-refractivity contribution is -0.141. The van der Waals surface area contributed by atoms with E-state index in [1.807, 2.05) is 42.5 Å². The normalized spacial score (nSPS) is 13.7. The van der Waals surface area contributed by atoms with Crippen LogP contribution in [0.2, 0.25) is 0 Å². The topological polar surface area (TPSA) is 105 Å². The molecule has 0 fully saturated rings. The third kappa shape index (κ3) is 5.35. The van der Waals surface area contributed by atoms with E-state index in [9.17, 15) is 19.5 Å². The number of hydrogen-bond acceptors (Lipinski definition) is 4. The Kier molecular flexibility index (Phi) is 7.45. The fourth-order valence-electron chi connectivity index (χ4n) is 4.44. The quantitative estimate of drug-likeness (QED) is 0.426. The molecule has 3 aromatic carbocycles.